The van der Waals surface area contributed by atoms with Gasteiger partial charge in [0, 0.05) is 30.1 Å². The van der Waals surface area contributed by atoms with Crippen LogP contribution in [0.1, 0.15) is 62.3 Å². The normalized spacial score (nSPS) is 19.0. The number of carbonyl (C=O) groups excluding carboxylic acids is 1. The fourth-order valence-electron chi connectivity index (χ4n) is 4.63. The Kier molecular flexibility index (Phi) is 7.00. The minimum atomic E-state index is 0.281. The lowest BCUT2D eigenvalue weighted by Gasteiger charge is -2.35. The smallest absolute Gasteiger partial charge is 0.236 e. The van der Waals surface area contributed by atoms with E-state index in [-0.39, 0.29) is 5.91 Å². The van der Waals surface area contributed by atoms with Crippen LogP contribution in [0.2, 0.25) is 0 Å². The van der Waals surface area contributed by atoms with E-state index < -0.39 is 0 Å². The van der Waals surface area contributed by atoms with Crippen LogP contribution in [0.25, 0.3) is 0 Å². The van der Waals surface area contributed by atoms with Crippen molar-refractivity contribution in [1.82, 2.24) is 19.8 Å². The molecule has 4 rings (SSSR count). The molecule has 0 radical (unpaired) electrons. The number of nitrogens with one attached hydrogen (secondary N) is 1. The maximum absolute atomic E-state index is 12.7. The fraction of sp³-hybridized carbons (Fsp3) is 0.609. The number of likely N-dealkylation sites (N-methyl/N-ethyl adjacent to an activating group) is 1. The minimum absolute atomic E-state index is 0.281. The predicted molar refractivity (Wildman–Crippen MR) is 122 cm³/mol. The summed E-state index contributed by atoms with van der Waals surface area (Å²) in [5.74, 6) is 1.59. The van der Waals surface area contributed by atoms with Gasteiger partial charge in [0.15, 0.2) is 5.13 Å². The van der Waals surface area contributed by atoms with Gasteiger partial charge in [0.05, 0.1) is 12.2 Å². The van der Waals surface area contributed by atoms with Gasteiger partial charge in [0.1, 0.15) is 5.82 Å². The number of hydrogen-bond donors (Lipinski definition) is 1. The number of rotatable bonds is 6. The zero-order valence-corrected chi connectivity index (χ0v) is 19.0. The van der Waals surface area contributed by atoms with Gasteiger partial charge in [-0.05, 0) is 57.8 Å². The van der Waals surface area contributed by atoms with Crippen molar-refractivity contribution in [2.75, 3.05) is 32.0 Å². The molecule has 0 spiro atoms. The Labute approximate surface area is 183 Å². The average molecular weight is 428 g/mol. The highest BCUT2D eigenvalue weighted by Crippen LogP contribution is 2.29. The first-order valence-electron chi connectivity index (χ1n) is 11.2. The Morgan fingerprint density at radius 1 is 1.17 bits per heavy atom. The Morgan fingerprint density at radius 3 is 2.63 bits per heavy atom. The van der Waals surface area contributed by atoms with Crippen LogP contribution in [-0.2, 0) is 4.79 Å². The van der Waals surface area contributed by atoms with E-state index in [1.54, 1.807) is 11.3 Å². The molecule has 1 N–H and O–H groups in total. The molecule has 1 amide bonds. The summed E-state index contributed by atoms with van der Waals surface area (Å²) in [6.07, 6.45) is 8.27. The monoisotopic (exact) mass is 427 g/mol. The fourth-order valence-corrected chi connectivity index (χ4v) is 5.33. The highest BCUT2D eigenvalue weighted by Gasteiger charge is 2.26. The lowest BCUT2D eigenvalue weighted by Crippen LogP contribution is -2.45. The van der Waals surface area contributed by atoms with E-state index in [2.05, 4.69) is 27.3 Å². The zero-order chi connectivity index (χ0) is 20.9. The van der Waals surface area contributed by atoms with Crippen molar-refractivity contribution in [3.8, 4) is 0 Å². The Hall–Kier alpha value is -1.99. The maximum atomic E-state index is 12.7. The molecule has 162 valence electrons. The van der Waals surface area contributed by atoms with Crippen LogP contribution >= 0.6 is 11.3 Å². The third-order valence-corrected chi connectivity index (χ3v) is 7.38. The number of thiazole rings is 1. The number of piperidine rings is 1. The van der Waals surface area contributed by atoms with E-state index in [0.717, 1.165) is 48.3 Å². The van der Waals surface area contributed by atoms with Crippen molar-refractivity contribution >= 4 is 28.2 Å². The molecule has 3 heterocycles. The number of pyridine rings is 1. The summed E-state index contributed by atoms with van der Waals surface area (Å²) in [6, 6.07) is 6.64. The van der Waals surface area contributed by atoms with E-state index in [0.29, 0.717) is 18.5 Å². The summed E-state index contributed by atoms with van der Waals surface area (Å²) >= 11 is 1.60. The third-order valence-electron chi connectivity index (χ3n) is 6.51. The van der Waals surface area contributed by atoms with Gasteiger partial charge in [-0.2, -0.15) is 0 Å². The first kappa shape index (κ1) is 21.2. The Balaban J connectivity index is 1.28. The summed E-state index contributed by atoms with van der Waals surface area (Å²) in [5, 5.41) is 6.24. The molecule has 30 heavy (non-hydrogen) atoms. The molecule has 2 aromatic rings. The first-order chi connectivity index (χ1) is 14.6. The SMILES string of the molecule is Cc1csc(Nc2cccc(C3CCN(CC(=O)N(C)C4CCCCC4)CC3)n2)n1. The van der Waals surface area contributed by atoms with Crippen molar-refractivity contribution in [3.05, 3.63) is 35.0 Å². The molecule has 0 bridgehead atoms. The number of hydrogen-bond acceptors (Lipinski definition) is 6. The third kappa shape index (κ3) is 5.38. The quantitative estimate of drug-likeness (QED) is 0.732. The van der Waals surface area contributed by atoms with Gasteiger partial charge in [-0.3, -0.25) is 9.69 Å². The van der Waals surface area contributed by atoms with Crippen LogP contribution in [0.15, 0.2) is 23.6 Å². The number of aryl methyl sites for hydroxylation is 1. The topological polar surface area (TPSA) is 61.4 Å². The summed E-state index contributed by atoms with van der Waals surface area (Å²) in [7, 11) is 2.00. The van der Waals surface area contributed by atoms with Crippen LogP contribution in [0.4, 0.5) is 10.9 Å². The Morgan fingerprint density at radius 2 is 1.93 bits per heavy atom. The van der Waals surface area contributed by atoms with Gasteiger partial charge < -0.3 is 10.2 Å². The molecule has 0 aromatic carbocycles. The second kappa shape index (κ2) is 9.88. The molecular weight excluding hydrogens is 394 g/mol. The van der Waals surface area contributed by atoms with Crippen LogP contribution in [0.3, 0.4) is 0 Å². The van der Waals surface area contributed by atoms with Crippen molar-refractivity contribution < 1.29 is 4.79 Å². The van der Waals surface area contributed by atoms with Gasteiger partial charge in [-0.1, -0.05) is 25.3 Å². The summed E-state index contributed by atoms with van der Waals surface area (Å²) in [5.41, 5.74) is 2.16. The zero-order valence-electron chi connectivity index (χ0n) is 18.1. The molecule has 1 saturated heterocycles. The number of nitrogens with zero attached hydrogens (tertiary/aromatic N) is 4. The summed E-state index contributed by atoms with van der Waals surface area (Å²) in [6.45, 7) is 4.47. The summed E-state index contributed by atoms with van der Waals surface area (Å²) in [4.78, 5) is 26.4. The van der Waals surface area contributed by atoms with Gasteiger partial charge in [0.25, 0.3) is 0 Å². The lowest BCUT2D eigenvalue weighted by atomic mass is 9.92. The molecule has 1 aliphatic carbocycles. The number of likely N-dealkylation sites (tertiary alicyclic amines) is 1. The van der Waals surface area contributed by atoms with E-state index in [9.17, 15) is 4.79 Å². The molecule has 0 unspecified atom stereocenters. The maximum Gasteiger partial charge on any atom is 0.236 e. The van der Waals surface area contributed by atoms with Crippen LogP contribution in [-0.4, -0.2) is 58.4 Å². The second-order valence-corrected chi connectivity index (χ2v) is 9.57. The van der Waals surface area contributed by atoms with E-state index in [1.807, 2.05) is 30.3 Å². The molecule has 1 aliphatic heterocycles. The number of anilines is 2. The van der Waals surface area contributed by atoms with Gasteiger partial charge >= 0.3 is 0 Å². The van der Waals surface area contributed by atoms with Crippen LogP contribution in [0.5, 0.6) is 0 Å². The molecular formula is C23H33N5OS. The molecule has 2 fully saturated rings. The van der Waals surface area contributed by atoms with Crippen LogP contribution in [0, 0.1) is 6.92 Å². The van der Waals surface area contributed by atoms with Gasteiger partial charge in [-0.15, -0.1) is 11.3 Å². The standard InChI is InChI=1S/C23H33N5OS/c1-17-16-30-23(24-17)26-21-10-6-9-20(25-21)18-11-13-28(14-12-18)15-22(29)27(2)19-7-4-3-5-8-19/h6,9-10,16,18-19H,3-5,7-8,11-15H2,1-2H3,(H,24,25,26). The van der Waals surface area contributed by atoms with E-state index >= 15 is 0 Å². The number of carbonyl (C=O) groups is 1. The van der Waals surface area contributed by atoms with Crippen LogP contribution < -0.4 is 5.32 Å². The van der Waals surface area contributed by atoms with E-state index in [4.69, 9.17) is 4.98 Å². The molecule has 7 heteroatoms. The molecule has 0 atom stereocenters. The number of amides is 1. The van der Waals surface area contributed by atoms with Gasteiger partial charge in [0.2, 0.25) is 5.91 Å². The Bertz CT molecular complexity index is 840. The molecule has 1 saturated carbocycles. The average Bonchev–Trinajstić information content (AvgIpc) is 3.19. The first-order valence-corrected chi connectivity index (χ1v) is 12.1. The van der Waals surface area contributed by atoms with Crippen molar-refractivity contribution in [2.24, 2.45) is 0 Å². The number of aromatic nitrogens is 2. The van der Waals surface area contributed by atoms with Gasteiger partial charge in [-0.25, -0.2) is 9.97 Å². The largest absolute Gasteiger partial charge is 0.342 e. The lowest BCUT2D eigenvalue weighted by molar-refractivity contribution is -0.134. The summed E-state index contributed by atoms with van der Waals surface area (Å²) < 4.78 is 0. The van der Waals surface area contributed by atoms with Crippen molar-refractivity contribution in [1.29, 1.82) is 0 Å². The van der Waals surface area contributed by atoms with Crippen molar-refractivity contribution in [2.45, 2.75) is 63.8 Å². The molecule has 2 aliphatic rings. The highest BCUT2D eigenvalue weighted by molar-refractivity contribution is 7.13. The highest BCUT2D eigenvalue weighted by atomic mass is 32.1. The second-order valence-electron chi connectivity index (χ2n) is 8.71. The van der Waals surface area contributed by atoms with Crippen molar-refractivity contribution in [3.63, 3.8) is 0 Å². The minimum Gasteiger partial charge on any atom is -0.342 e. The molecule has 6 nitrogen and oxygen atoms in total. The molecule has 2 aromatic heterocycles. The predicted octanol–water partition coefficient (Wildman–Crippen LogP) is 4.56. The van der Waals surface area contributed by atoms with E-state index in [1.165, 1.54) is 32.1 Å².